The maximum atomic E-state index is 12.6. The number of ether oxygens (including phenoxy) is 1. The van der Waals surface area contributed by atoms with Gasteiger partial charge in [-0.15, -0.1) is 0 Å². The van der Waals surface area contributed by atoms with Crippen molar-refractivity contribution >= 4 is 27.4 Å². The molecule has 1 amide bonds. The van der Waals surface area contributed by atoms with E-state index in [9.17, 15) is 13.2 Å². The van der Waals surface area contributed by atoms with Gasteiger partial charge in [0.1, 0.15) is 0 Å². The molecule has 3 rings (SSSR count). The Morgan fingerprint density at radius 1 is 1.38 bits per heavy atom. The van der Waals surface area contributed by atoms with Gasteiger partial charge in [-0.05, 0) is 55.7 Å². The van der Waals surface area contributed by atoms with Gasteiger partial charge in [0.15, 0.2) is 0 Å². The first-order valence-electron chi connectivity index (χ1n) is 9.49. The van der Waals surface area contributed by atoms with Crippen molar-refractivity contribution in [3.63, 3.8) is 0 Å². The lowest BCUT2D eigenvalue weighted by Gasteiger charge is -2.36. The number of amides is 1. The molecule has 0 aliphatic carbocycles. The topological polar surface area (TPSA) is 79.0 Å². The molecule has 0 fully saturated rings. The van der Waals surface area contributed by atoms with E-state index < -0.39 is 16.1 Å². The number of sulfonamides is 1. The number of likely N-dealkylation sites (N-methyl/N-ethyl adjacent to an activating group) is 1. The Labute approximate surface area is 172 Å². The van der Waals surface area contributed by atoms with Crippen LogP contribution in [0, 0.1) is 0 Å². The smallest absolute Gasteiger partial charge is 0.414 e. The van der Waals surface area contributed by atoms with E-state index in [1.54, 1.807) is 17.0 Å². The van der Waals surface area contributed by atoms with Gasteiger partial charge < -0.3 is 9.64 Å². The van der Waals surface area contributed by atoms with Crippen molar-refractivity contribution in [1.82, 2.24) is 9.80 Å². The minimum Gasteiger partial charge on any atom is -0.446 e. The standard InChI is InChI=1S/C21H27N3O4S/c1-6-16(17-7-8-20-18(9-17)13-29(26,27)22-20)10-19-12-23(5)15(4)11-24(19)21(25)28-14(2)3/h6-10,12,14-15,22H,1,11,13H2,2-5H3/b16-10+/t15-/m0/s1. The average molecular weight is 418 g/mol. The SMILES string of the molecule is C=C/C(=C\C1=CN(C)[C@@H](C)CN1C(=O)OC(C)C)c1ccc2c(c1)CS(=O)(=O)N2. The fraction of sp³-hybridized carbons (Fsp3) is 0.381. The quantitative estimate of drug-likeness (QED) is 0.758. The van der Waals surface area contributed by atoms with Gasteiger partial charge in [-0.2, -0.15) is 0 Å². The summed E-state index contributed by atoms with van der Waals surface area (Å²) in [5.41, 5.74) is 3.63. The number of nitrogens with zero attached hydrogens (tertiary/aromatic N) is 2. The summed E-state index contributed by atoms with van der Waals surface area (Å²) in [5.74, 6) is -0.0453. The molecule has 2 aliphatic heterocycles. The summed E-state index contributed by atoms with van der Waals surface area (Å²) >= 11 is 0. The Morgan fingerprint density at radius 3 is 2.76 bits per heavy atom. The fourth-order valence-electron chi connectivity index (χ4n) is 3.28. The van der Waals surface area contributed by atoms with Crippen molar-refractivity contribution in [2.24, 2.45) is 0 Å². The molecule has 0 unspecified atom stereocenters. The van der Waals surface area contributed by atoms with Crippen LogP contribution in [0.3, 0.4) is 0 Å². The third kappa shape index (κ3) is 4.64. The molecule has 8 heteroatoms. The summed E-state index contributed by atoms with van der Waals surface area (Å²) in [7, 11) is -1.35. The zero-order valence-corrected chi connectivity index (χ0v) is 18.0. The molecule has 0 saturated heterocycles. The predicted molar refractivity (Wildman–Crippen MR) is 114 cm³/mol. The van der Waals surface area contributed by atoms with Gasteiger partial charge in [0.05, 0.1) is 23.2 Å². The number of anilines is 1. The van der Waals surface area contributed by atoms with Crippen LogP contribution < -0.4 is 4.72 Å². The third-order valence-electron chi connectivity index (χ3n) is 4.92. The van der Waals surface area contributed by atoms with E-state index in [1.807, 2.05) is 57.1 Å². The Hall–Kier alpha value is -2.74. The van der Waals surface area contributed by atoms with E-state index in [0.29, 0.717) is 17.9 Å². The first-order valence-corrected chi connectivity index (χ1v) is 11.1. The first kappa shape index (κ1) is 21.0. The lowest BCUT2D eigenvalue weighted by atomic mass is 10.0. The minimum absolute atomic E-state index is 0.0453. The van der Waals surface area contributed by atoms with E-state index in [-0.39, 0.29) is 17.9 Å². The van der Waals surface area contributed by atoms with E-state index >= 15 is 0 Å². The van der Waals surface area contributed by atoms with Gasteiger partial charge >= 0.3 is 6.09 Å². The molecule has 0 spiro atoms. The normalized spacial score (nSPS) is 20.8. The van der Waals surface area contributed by atoms with Crippen LogP contribution in [0.4, 0.5) is 10.5 Å². The summed E-state index contributed by atoms with van der Waals surface area (Å²) in [5, 5.41) is 0. The molecule has 7 nitrogen and oxygen atoms in total. The number of benzene rings is 1. The number of carbonyl (C=O) groups excluding carboxylic acids is 1. The Morgan fingerprint density at radius 2 is 2.10 bits per heavy atom. The molecule has 29 heavy (non-hydrogen) atoms. The molecule has 0 radical (unpaired) electrons. The van der Waals surface area contributed by atoms with Gasteiger partial charge in [-0.3, -0.25) is 9.62 Å². The number of rotatable bonds is 4. The lowest BCUT2D eigenvalue weighted by Crippen LogP contribution is -2.46. The van der Waals surface area contributed by atoms with Crippen LogP contribution in [0.5, 0.6) is 0 Å². The second kappa shape index (κ2) is 7.94. The summed E-state index contributed by atoms with van der Waals surface area (Å²) in [6.45, 7) is 10.1. The number of hydrogen-bond donors (Lipinski definition) is 1. The molecule has 0 bridgehead atoms. The van der Waals surface area contributed by atoms with Crippen molar-refractivity contribution in [2.45, 2.75) is 38.7 Å². The van der Waals surface area contributed by atoms with E-state index in [1.165, 1.54) is 0 Å². The average Bonchev–Trinajstić information content (AvgIpc) is 2.94. The number of fused-ring (bicyclic) bond motifs is 1. The number of nitrogens with one attached hydrogen (secondary N) is 1. The lowest BCUT2D eigenvalue weighted by molar-refractivity contribution is 0.0770. The van der Waals surface area contributed by atoms with Crippen LogP contribution in [0.1, 0.15) is 31.9 Å². The summed E-state index contributed by atoms with van der Waals surface area (Å²) in [6, 6.07) is 5.58. The van der Waals surface area contributed by atoms with Gasteiger partial charge in [0.25, 0.3) is 0 Å². The zero-order chi connectivity index (χ0) is 21.3. The van der Waals surface area contributed by atoms with Gasteiger partial charge in [0, 0.05) is 25.8 Å². The highest BCUT2D eigenvalue weighted by Gasteiger charge is 2.28. The molecule has 1 atom stereocenters. The molecule has 0 aromatic heterocycles. The Kier molecular flexibility index (Phi) is 5.75. The van der Waals surface area contributed by atoms with Crippen LogP contribution in [0.15, 0.2) is 48.8 Å². The highest BCUT2D eigenvalue weighted by atomic mass is 32.2. The minimum atomic E-state index is -3.31. The van der Waals surface area contributed by atoms with Gasteiger partial charge in [-0.25, -0.2) is 13.2 Å². The fourth-order valence-corrected chi connectivity index (χ4v) is 4.54. The van der Waals surface area contributed by atoms with E-state index in [0.717, 1.165) is 16.7 Å². The maximum Gasteiger partial charge on any atom is 0.414 e. The molecule has 156 valence electrons. The van der Waals surface area contributed by atoms with Gasteiger partial charge in [-0.1, -0.05) is 18.7 Å². The maximum absolute atomic E-state index is 12.6. The number of carbonyl (C=O) groups is 1. The Balaban J connectivity index is 1.97. The van der Waals surface area contributed by atoms with Crippen molar-refractivity contribution in [1.29, 1.82) is 0 Å². The molecule has 1 aromatic carbocycles. The molecule has 1 N–H and O–H groups in total. The summed E-state index contributed by atoms with van der Waals surface area (Å²) in [4.78, 5) is 16.3. The van der Waals surface area contributed by atoms with Crippen molar-refractivity contribution < 1.29 is 17.9 Å². The molecule has 2 aliphatic rings. The number of allylic oxidation sites excluding steroid dienone is 3. The van der Waals surface area contributed by atoms with Crippen LogP contribution in [0.25, 0.3) is 5.57 Å². The summed E-state index contributed by atoms with van der Waals surface area (Å²) in [6.07, 6.45) is 4.86. The molecule has 2 heterocycles. The van der Waals surface area contributed by atoms with E-state index in [2.05, 4.69) is 11.3 Å². The first-order chi connectivity index (χ1) is 13.6. The highest BCUT2D eigenvalue weighted by molar-refractivity contribution is 7.92. The zero-order valence-electron chi connectivity index (χ0n) is 17.2. The van der Waals surface area contributed by atoms with Crippen LogP contribution in [-0.4, -0.2) is 50.0 Å². The van der Waals surface area contributed by atoms with E-state index in [4.69, 9.17) is 4.74 Å². The molecular formula is C21H27N3O4S. The summed E-state index contributed by atoms with van der Waals surface area (Å²) < 4.78 is 31.6. The van der Waals surface area contributed by atoms with Gasteiger partial charge in [0.2, 0.25) is 10.0 Å². The molecular weight excluding hydrogens is 390 g/mol. The van der Waals surface area contributed by atoms with Crippen molar-refractivity contribution in [3.05, 3.63) is 60.0 Å². The number of hydrogen-bond acceptors (Lipinski definition) is 5. The largest absolute Gasteiger partial charge is 0.446 e. The Bertz CT molecular complexity index is 995. The monoisotopic (exact) mass is 417 g/mol. The molecule has 0 saturated carbocycles. The van der Waals surface area contributed by atoms with Crippen molar-refractivity contribution in [2.75, 3.05) is 18.3 Å². The van der Waals surface area contributed by atoms with Crippen LogP contribution in [-0.2, 0) is 20.5 Å². The third-order valence-corrected chi connectivity index (χ3v) is 6.14. The molecule has 1 aromatic rings. The highest BCUT2D eigenvalue weighted by Crippen LogP contribution is 2.31. The van der Waals surface area contributed by atoms with Crippen molar-refractivity contribution in [3.8, 4) is 0 Å². The second-order valence-corrected chi connectivity index (χ2v) is 9.37. The van der Waals surface area contributed by atoms with Crippen LogP contribution in [0.2, 0.25) is 0 Å². The van der Waals surface area contributed by atoms with Crippen LogP contribution >= 0.6 is 0 Å². The predicted octanol–water partition coefficient (Wildman–Crippen LogP) is 3.53. The second-order valence-electron chi connectivity index (χ2n) is 7.65.